The number of ketones is 1. The predicted octanol–water partition coefficient (Wildman–Crippen LogP) is 4.93. The van der Waals surface area contributed by atoms with Gasteiger partial charge in [0, 0.05) is 36.8 Å². The zero-order valence-electron chi connectivity index (χ0n) is 16.2. The molecule has 2 aliphatic rings. The number of hydrogen-bond acceptors (Lipinski definition) is 6. The van der Waals surface area contributed by atoms with Gasteiger partial charge in [0.15, 0.2) is 12.1 Å². The molecule has 2 aromatic carbocycles. The van der Waals surface area contributed by atoms with Gasteiger partial charge in [-0.3, -0.25) is 4.79 Å². The molecule has 8 heteroatoms. The summed E-state index contributed by atoms with van der Waals surface area (Å²) in [6.07, 6.45) is 1.35. The summed E-state index contributed by atoms with van der Waals surface area (Å²) in [5, 5.41) is 0. The normalized spacial score (nSPS) is 26.6. The molecule has 2 saturated heterocycles. The maximum Gasteiger partial charge on any atom is 0.230 e. The minimum atomic E-state index is -1.22. The van der Waals surface area contributed by atoms with Gasteiger partial charge in [0.1, 0.15) is 11.6 Å². The van der Waals surface area contributed by atoms with Crippen molar-refractivity contribution in [1.29, 1.82) is 0 Å². The van der Waals surface area contributed by atoms with Crippen LogP contribution in [0.4, 0.5) is 8.78 Å². The third kappa shape index (κ3) is 4.91. The van der Waals surface area contributed by atoms with Crippen LogP contribution in [0.25, 0.3) is 0 Å². The van der Waals surface area contributed by atoms with Gasteiger partial charge in [-0.1, -0.05) is 12.1 Å². The van der Waals surface area contributed by atoms with Crippen molar-refractivity contribution >= 4 is 5.78 Å². The zero-order chi connectivity index (χ0) is 21.0. The summed E-state index contributed by atoms with van der Waals surface area (Å²) in [5.74, 6) is -2.08. The molecular formula is C22H22F2O6. The highest BCUT2D eigenvalue weighted by molar-refractivity contribution is 5.95. The van der Waals surface area contributed by atoms with Gasteiger partial charge in [-0.05, 0) is 49.2 Å². The molecular weight excluding hydrogens is 398 g/mol. The van der Waals surface area contributed by atoms with Gasteiger partial charge >= 0.3 is 0 Å². The summed E-state index contributed by atoms with van der Waals surface area (Å²) < 4.78 is 32.2. The summed E-state index contributed by atoms with van der Waals surface area (Å²) in [4.78, 5) is 34.0. The van der Waals surface area contributed by atoms with E-state index in [0.29, 0.717) is 36.8 Å². The van der Waals surface area contributed by atoms with Crippen molar-refractivity contribution < 1.29 is 37.9 Å². The molecule has 0 N–H and O–H groups in total. The van der Waals surface area contributed by atoms with Crippen LogP contribution in [0.15, 0.2) is 48.5 Å². The zero-order valence-corrected chi connectivity index (χ0v) is 16.2. The lowest BCUT2D eigenvalue weighted by Crippen LogP contribution is -2.45. The Morgan fingerprint density at radius 2 is 1.67 bits per heavy atom. The van der Waals surface area contributed by atoms with E-state index in [1.54, 1.807) is 12.1 Å². The number of carbonyl (C=O) groups is 1. The molecule has 2 bridgehead atoms. The molecule has 4 rings (SSSR count). The van der Waals surface area contributed by atoms with Crippen molar-refractivity contribution in [3.63, 3.8) is 0 Å². The van der Waals surface area contributed by atoms with Crippen LogP contribution in [0.3, 0.4) is 0 Å². The molecule has 0 aromatic heterocycles. The Bertz CT molecular complexity index is 857. The van der Waals surface area contributed by atoms with Crippen molar-refractivity contribution in [2.75, 3.05) is 0 Å². The van der Waals surface area contributed by atoms with E-state index in [0.717, 1.165) is 6.42 Å². The van der Waals surface area contributed by atoms with E-state index in [4.69, 9.17) is 24.3 Å². The number of benzene rings is 2. The molecule has 160 valence electrons. The van der Waals surface area contributed by atoms with E-state index in [1.165, 1.54) is 36.4 Å². The molecule has 0 aliphatic carbocycles. The number of carbonyl (C=O) groups excluding carboxylic acids is 1. The second kappa shape index (κ2) is 9.28. The Morgan fingerprint density at radius 3 is 2.40 bits per heavy atom. The van der Waals surface area contributed by atoms with Crippen molar-refractivity contribution in [2.45, 2.75) is 56.9 Å². The topological polar surface area (TPSA) is 63.2 Å². The summed E-state index contributed by atoms with van der Waals surface area (Å²) in [5.41, 5.74) is 1.06. The third-order valence-electron chi connectivity index (χ3n) is 5.12. The molecule has 0 amide bonds. The molecule has 0 saturated carbocycles. The summed E-state index contributed by atoms with van der Waals surface area (Å²) in [7, 11) is 0. The Morgan fingerprint density at radius 1 is 0.967 bits per heavy atom. The minimum absolute atomic E-state index is 0.106. The quantitative estimate of drug-likeness (QED) is 0.488. The van der Waals surface area contributed by atoms with Gasteiger partial charge < -0.3 is 4.74 Å². The first kappa shape index (κ1) is 21.0. The maximum absolute atomic E-state index is 13.3. The molecule has 2 aromatic rings. The highest BCUT2D eigenvalue weighted by Gasteiger charge is 2.45. The Labute approximate surface area is 172 Å². The van der Waals surface area contributed by atoms with Crippen molar-refractivity contribution in [1.82, 2.24) is 0 Å². The lowest BCUT2D eigenvalue weighted by atomic mass is 9.97. The highest BCUT2D eigenvalue weighted by Crippen LogP contribution is 2.41. The fourth-order valence-corrected chi connectivity index (χ4v) is 3.50. The monoisotopic (exact) mass is 420 g/mol. The number of Topliss-reactive ketones (excluding diaryl/α,β-unsaturated/α-hetero) is 1. The fraction of sp³-hybridized carbons (Fsp3) is 0.409. The first-order valence-corrected chi connectivity index (χ1v) is 9.93. The summed E-state index contributed by atoms with van der Waals surface area (Å²) in [6.45, 7) is 0. The van der Waals surface area contributed by atoms with Crippen LogP contribution >= 0.6 is 0 Å². The van der Waals surface area contributed by atoms with Crippen LogP contribution < -0.4 is 0 Å². The van der Waals surface area contributed by atoms with Crippen molar-refractivity contribution in [2.24, 2.45) is 0 Å². The van der Waals surface area contributed by atoms with Crippen LogP contribution in [0, 0.1) is 11.6 Å². The van der Waals surface area contributed by atoms with E-state index in [9.17, 15) is 13.6 Å². The number of ether oxygens (including phenoxy) is 1. The number of fused-ring (bicyclic) bond motifs is 2. The molecule has 0 spiro atoms. The van der Waals surface area contributed by atoms with Crippen LogP contribution in [-0.2, 0) is 30.1 Å². The summed E-state index contributed by atoms with van der Waals surface area (Å²) in [6, 6.07) is 11.2. The van der Waals surface area contributed by atoms with Crippen LogP contribution in [0.2, 0.25) is 0 Å². The second-order valence-electron chi connectivity index (χ2n) is 7.32. The smallest absolute Gasteiger partial charge is 0.230 e. The molecule has 3 atom stereocenters. The largest absolute Gasteiger partial charge is 0.311 e. The van der Waals surface area contributed by atoms with E-state index < -0.39 is 18.4 Å². The van der Waals surface area contributed by atoms with Gasteiger partial charge in [0.05, 0.1) is 0 Å². The first-order chi connectivity index (χ1) is 14.5. The fourth-order valence-electron chi connectivity index (χ4n) is 3.50. The number of hydrogen-bond donors (Lipinski definition) is 0. The van der Waals surface area contributed by atoms with Crippen molar-refractivity contribution in [3.8, 4) is 0 Å². The SMILES string of the molecule is O=C(CCCC1OOC2CCCC(c3ccc(F)cc3)(OO1)O2)c1ccc(F)cc1. The third-order valence-corrected chi connectivity index (χ3v) is 5.12. The van der Waals surface area contributed by atoms with E-state index >= 15 is 0 Å². The van der Waals surface area contributed by atoms with Crippen LogP contribution in [-0.4, -0.2) is 18.4 Å². The number of halogens is 2. The van der Waals surface area contributed by atoms with E-state index in [1.807, 2.05) is 0 Å². The maximum atomic E-state index is 13.3. The Balaban J connectivity index is 1.36. The lowest BCUT2D eigenvalue weighted by molar-refractivity contribution is -0.589. The van der Waals surface area contributed by atoms with Gasteiger partial charge in [-0.15, -0.1) is 0 Å². The van der Waals surface area contributed by atoms with Gasteiger partial charge in [0.25, 0.3) is 0 Å². The van der Waals surface area contributed by atoms with Crippen LogP contribution in [0.1, 0.15) is 54.4 Å². The number of rotatable bonds is 6. The molecule has 30 heavy (non-hydrogen) atoms. The lowest BCUT2D eigenvalue weighted by Gasteiger charge is -2.41. The first-order valence-electron chi connectivity index (χ1n) is 9.93. The average molecular weight is 420 g/mol. The minimum Gasteiger partial charge on any atom is -0.311 e. The predicted molar refractivity (Wildman–Crippen MR) is 99.5 cm³/mol. The van der Waals surface area contributed by atoms with Crippen molar-refractivity contribution in [3.05, 3.63) is 71.3 Å². The second-order valence-corrected chi connectivity index (χ2v) is 7.32. The summed E-state index contributed by atoms with van der Waals surface area (Å²) >= 11 is 0. The Hall–Kier alpha value is -2.23. The highest BCUT2D eigenvalue weighted by atomic mass is 19.1. The van der Waals surface area contributed by atoms with E-state index in [-0.39, 0.29) is 23.8 Å². The molecule has 2 aliphatic heterocycles. The molecule has 2 fully saturated rings. The molecule has 0 radical (unpaired) electrons. The van der Waals surface area contributed by atoms with Crippen LogP contribution in [0.5, 0.6) is 0 Å². The van der Waals surface area contributed by atoms with Gasteiger partial charge in [-0.25, -0.2) is 13.7 Å². The molecule has 6 nitrogen and oxygen atoms in total. The van der Waals surface area contributed by atoms with Gasteiger partial charge in [-0.2, -0.15) is 14.7 Å². The average Bonchev–Trinajstić information content (AvgIpc) is 2.75. The molecule has 2 heterocycles. The standard InChI is InChI=1S/C22H22F2O6/c23-17-10-6-15(7-11-17)19(25)3-1-4-21-28-27-20-5-2-14-22(26-20,30-29-21)16-8-12-18(24)13-9-16/h6-13,20-21H,1-5,14H2. The van der Waals surface area contributed by atoms with E-state index in [2.05, 4.69) is 0 Å². The molecule has 3 unspecified atom stereocenters. The van der Waals surface area contributed by atoms with Gasteiger partial charge in [0.2, 0.25) is 12.1 Å². The Kier molecular flexibility index (Phi) is 6.50.